The van der Waals surface area contributed by atoms with Gasteiger partial charge in [0.2, 0.25) is 0 Å². The predicted octanol–water partition coefficient (Wildman–Crippen LogP) is 4.29. The van der Waals surface area contributed by atoms with E-state index in [9.17, 15) is 8.42 Å². The molecule has 3 rings (SSSR count). The Labute approximate surface area is 141 Å². The first kappa shape index (κ1) is 16.6. The highest BCUT2D eigenvalue weighted by molar-refractivity contribution is 8.53. The van der Waals surface area contributed by atoms with E-state index in [4.69, 9.17) is 9.05 Å². The number of benzene rings is 2. The minimum atomic E-state index is -2.91. The summed E-state index contributed by atoms with van der Waals surface area (Å²) in [7, 11) is -4.22. The van der Waals surface area contributed by atoms with E-state index in [0.29, 0.717) is 6.42 Å². The summed E-state index contributed by atoms with van der Waals surface area (Å²) >= 11 is 1.49. The molecule has 0 N–H and O–H groups in total. The molecule has 7 heteroatoms. The van der Waals surface area contributed by atoms with Crippen LogP contribution in [-0.4, -0.2) is 25.2 Å². The lowest BCUT2D eigenvalue weighted by molar-refractivity contribution is 0.509. The van der Waals surface area contributed by atoms with Gasteiger partial charge in [-0.1, -0.05) is 36.4 Å². The Morgan fingerprint density at radius 3 is 1.87 bits per heavy atom. The fourth-order valence-electron chi connectivity index (χ4n) is 2.16. The van der Waals surface area contributed by atoms with Crippen molar-refractivity contribution in [2.45, 2.75) is 11.7 Å². The molecule has 4 nitrogen and oxygen atoms in total. The van der Waals surface area contributed by atoms with Crippen molar-refractivity contribution >= 4 is 28.8 Å². The molecule has 1 aliphatic rings. The fraction of sp³-hybridized carbons (Fsp3) is 0.250. The van der Waals surface area contributed by atoms with Crippen LogP contribution in [-0.2, 0) is 9.84 Å². The zero-order chi connectivity index (χ0) is 16.1. The summed E-state index contributed by atoms with van der Waals surface area (Å²) in [5, 5.41) is 0.0264. The smallest absolute Gasteiger partial charge is 0.360 e. The van der Waals surface area contributed by atoms with Gasteiger partial charge in [-0.15, -0.1) is 0 Å². The van der Waals surface area contributed by atoms with Gasteiger partial charge in [0.1, 0.15) is 11.5 Å². The molecule has 1 atom stereocenters. The third-order valence-corrected chi connectivity index (χ3v) is 8.70. The molecule has 2 aromatic carbocycles. The van der Waals surface area contributed by atoms with Crippen molar-refractivity contribution in [2.75, 3.05) is 11.5 Å². The van der Waals surface area contributed by atoms with E-state index in [1.807, 2.05) is 60.7 Å². The third kappa shape index (κ3) is 5.13. The van der Waals surface area contributed by atoms with Crippen molar-refractivity contribution in [2.24, 2.45) is 0 Å². The molecule has 0 radical (unpaired) electrons. The first-order valence-corrected chi connectivity index (χ1v) is 11.7. The highest BCUT2D eigenvalue weighted by atomic mass is 32.7. The molecule has 122 valence electrons. The molecular weight excluding hydrogens is 351 g/mol. The quantitative estimate of drug-likeness (QED) is 0.712. The highest BCUT2D eigenvalue weighted by Gasteiger charge is 2.33. The molecule has 0 saturated carbocycles. The molecule has 1 aliphatic heterocycles. The molecule has 1 fully saturated rings. The van der Waals surface area contributed by atoms with Gasteiger partial charge in [0, 0.05) is 5.25 Å². The molecule has 0 aliphatic carbocycles. The Hall–Kier alpha value is -1.23. The van der Waals surface area contributed by atoms with E-state index in [1.165, 1.54) is 11.4 Å². The van der Waals surface area contributed by atoms with Crippen molar-refractivity contribution in [3.05, 3.63) is 60.7 Å². The second-order valence-corrected chi connectivity index (χ2v) is 10.6. The fourth-order valence-corrected chi connectivity index (χ4v) is 8.27. The lowest BCUT2D eigenvalue weighted by Crippen LogP contribution is -2.07. The van der Waals surface area contributed by atoms with Crippen molar-refractivity contribution < 1.29 is 17.5 Å². The van der Waals surface area contributed by atoms with Crippen LogP contribution in [0, 0.1) is 0 Å². The van der Waals surface area contributed by atoms with E-state index >= 15 is 0 Å². The molecule has 1 saturated heterocycles. The highest BCUT2D eigenvalue weighted by Crippen LogP contribution is 2.55. The largest absolute Gasteiger partial charge is 0.431 e. The van der Waals surface area contributed by atoms with Crippen LogP contribution in [0.4, 0.5) is 0 Å². The van der Waals surface area contributed by atoms with Crippen LogP contribution in [0.1, 0.15) is 6.42 Å². The zero-order valence-electron chi connectivity index (χ0n) is 12.4. The van der Waals surface area contributed by atoms with Crippen molar-refractivity contribution in [1.82, 2.24) is 0 Å². The van der Waals surface area contributed by atoms with Crippen molar-refractivity contribution in [3.63, 3.8) is 0 Å². The Bertz CT molecular complexity index is 681. The second-order valence-electron chi connectivity index (χ2n) is 5.16. The Morgan fingerprint density at radius 2 is 1.43 bits per heavy atom. The van der Waals surface area contributed by atoms with Gasteiger partial charge < -0.3 is 9.05 Å². The molecule has 1 heterocycles. The SMILES string of the molecule is O=S1(=O)CCC(SP(Oc2ccccc2)Oc2ccccc2)C1. The maximum Gasteiger partial charge on any atom is 0.360 e. The van der Waals surface area contributed by atoms with Crippen LogP contribution in [0.3, 0.4) is 0 Å². The maximum absolute atomic E-state index is 11.7. The van der Waals surface area contributed by atoms with Crippen LogP contribution < -0.4 is 9.05 Å². The Morgan fingerprint density at radius 1 is 0.913 bits per heavy atom. The molecule has 2 aromatic rings. The number of sulfone groups is 1. The number of hydrogen-bond donors (Lipinski definition) is 0. The first-order valence-electron chi connectivity index (χ1n) is 7.24. The van der Waals surface area contributed by atoms with Crippen molar-refractivity contribution in [1.29, 1.82) is 0 Å². The Balaban J connectivity index is 1.70. The number of para-hydroxylation sites is 2. The second kappa shape index (κ2) is 7.56. The van der Waals surface area contributed by atoms with Crippen LogP contribution in [0.5, 0.6) is 11.5 Å². The number of rotatable bonds is 6. The van der Waals surface area contributed by atoms with Crippen molar-refractivity contribution in [3.8, 4) is 11.5 Å². The summed E-state index contributed by atoms with van der Waals surface area (Å²) in [6, 6.07) is 18.9. The normalized spacial score (nSPS) is 19.6. The van der Waals surface area contributed by atoms with Gasteiger partial charge in [0.15, 0.2) is 9.84 Å². The van der Waals surface area contributed by atoms with E-state index in [2.05, 4.69) is 0 Å². The zero-order valence-corrected chi connectivity index (χ0v) is 14.9. The summed E-state index contributed by atoms with van der Waals surface area (Å²) in [5.74, 6) is 1.91. The van der Waals surface area contributed by atoms with Crippen LogP contribution in [0.15, 0.2) is 60.7 Å². The average Bonchev–Trinajstić information content (AvgIpc) is 2.88. The van der Waals surface area contributed by atoms with Gasteiger partial charge in [-0.25, -0.2) is 8.42 Å². The molecule has 0 aromatic heterocycles. The Kier molecular flexibility index (Phi) is 5.46. The summed E-state index contributed by atoms with van der Waals surface area (Å²) in [6.45, 7) is 0. The lowest BCUT2D eigenvalue weighted by atomic mass is 10.3. The van der Waals surface area contributed by atoms with E-state index in [0.717, 1.165) is 11.5 Å². The van der Waals surface area contributed by atoms with Gasteiger partial charge in [-0.05, 0) is 42.1 Å². The summed E-state index contributed by atoms with van der Waals surface area (Å²) in [5.41, 5.74) is 0. The molecule has 0 amide bonds. The summed E-state index contributed by atoms with van der Waals surface area (Å²) in [6.07, 6.45) is 0.655. The topological polar surface area (TPSA) is 52.6 Å². The van der Waals surface area contributed by atoms with E-state index in [-0.39, 0.29) is 16.8 Å². The van der Waals surface area contributed by atoms with E-state index < -0.39 is 17.4 Å². The minimum Gasteiger partial charge on any atom is -0.431 e. The van der Waals surface area contributed by atoms with Gasteiger partial charge >= 0.3 is 7.58 Å². The first-order chi connectivity index (χ1) is 11.1. The average molecular weight is 368 g/mol. The van der Waals surface area contributed by atoms with Gasteiger partial charge in [0.05, 0.1) is 11.5 Å². The van der Waals surface area contributed by atoms with Crippen LogP contribution >= 0.6 is 19.0 Å². The molecule has 1 unspecified atom stereocenters. The molecule has 23 heavy (non-hydrogen) atoms. The molecule has 0 spiro atoms. The van der Waals surface area contributed by atoms with Crippen LogP contribution in [0.2, 0.25) is 0 Å². The van der Waals surface area contributed by atoms with Gasteiger partial charge in [0.25, 0.3) is 0 Å². The summed E-state index contributed by atoms with van der Waals surface area (Å²) < 4.78 is 35.2. The molecular formula is C16H17O4PS2. The lowest BCUT2D eigenvalue weighted by Gasteiger charge is -2.19. The molecule has 0 bridgehead atoms. The van der Waals surface area contributed by atoms with Gasteiger partial charge in [-0.3, -0.25) is 0 Å². The third-order valence-electron chi connectivity index (χ3n) is 3.27. The van der Waals surface area contributed by atoms with Gasteiger partial charge in [-0.2, -0.15) is 0 Å². The summed E-state index contributed by atoms with van der Waals surface area (Å²) in [4.78, 5) is 0. The number of hydrogen-bond acceptors (Lipinski definition) is 5. The van der Waals surface area contributed by atoms with E-state index in [1.54, 1.807) is 0 Å². The monoisotopic (exact) mass is 368 g/mol. The standard InChI is InChI=1S/C16H17O4PS2/c17-23(18)12-11-16(13-23)22-21(19-14-7-3-1-4-8-14)20-15-9-5-2-6-10-15/h1-10,16H,11-13H2. The maximum atomic E-state index is 11.7. The minimum absolute atomic E-state index is 0.0264. The van der Waals surface area contributed by atoms with Crippen LogP contribution in [0.25, 0.3) is 0 Å². The predicted molar refractivity (Wildman–Crippen MR) is 95.7 cm³/mol.